The fourth-order valence-corrected chi connectivity index (χ4v) is 1.93. The summed E-state index contributed by atoms with van der Waals surface area (Å²) < 4.78 is 5.17. The van der Waals surface area contributed by atoms with Gasteiger partial charge in [0, 0.05) is 11.1 Å². The Bertz CT molecular complexity index is 687. The van der Waals surface area contributed by atoms with Crippen LogP contribution in [0.3, 0.4) is 0 Å². The van der Waals surface area contributed by atoms with Crippen LogP contribution in [0, 0.1) is 0 Å². The van der Waals surface area contributed by atoms with Gasteiger partial charge in [-0.2, -0.15) is 5.10 Å². The number of aromatic amines is 1. The van der Waals surface area contributed by atoms with E-state index in [4.69, 9.17) is 4.74 Å². The first-order chi connectivity index (χ1) is 10.8. The minimum Gasteiger partial charge on any atom is -0.448 e. The zero-order chi connectivity index (χ0) is 17.0. The van der Waals surface area contributed by atoms with Crippen molar-refractivity contribution in [2.75, 3.05) is 0 Å². The maximum Gasteiger partial charge on any atom is 0.357 e. The lowest BCUT2D eigenvalue weighted by molar-refractivity contribution is -0.130. The van der Waals surface area contributed by atoms with Crippen molar-refractivity contribution in [3.05, 3.63) is 42.1 Å². The Hall–Kier alpha value is -2.63. The van der Waals surface area contributed by atoms with Crippen LogP contribution in [0.25, 0.3) is 11.3 Å². The van der Waals surface area contributed by atoms with Crippen LogP contribution in [0.2, 0.25) is 0 Å². The highest BCUT2D eigenvalue weighted by molar-refractivity contribution is 5.91. The van der Waals surface area contributed by atoms with Gasteiger partial charge in [0.15, 0.2) is 6.10 Å². The molecule has 1 atom stereocenters. The second-order valence-corrected chi connectivity index (χ2v) is 6.32. The summed E-state index contributed by atoms with van der Waals surface area (Å²) in [5.74, 6) is -0.954. The van der Waals surface area contributed by atoms with Crippen molar-refractivity contribution in [1.82, 2.24) is 15.5 Å². The van der Waals surface area contributed by atoms with Crippen molar-refractivity contribution in [3.63, 3.8) is 0 Å². The first-order valence-electron chi connectivity index (χ1n) is 7.40. The van der Waals surface area contributed by atoms with Crippen molar-refractivity contribution >= 4 is 11.9 Å². The highest BCUT2D eigenvalue weighted by Gasteiger charge is 2.23. The summed E-state index contributed by atoms with van der Waals surface area (Å²) in [5.41, 5.74) is 1.36. The normalized spacial score (nSPS) is 12.5. The maximum absolute atomic E-state index is 12.1. The van der Waals surface area contributed by atoms with E-state index in [0.717, 1.165) is 5.56 Å². The topological polar surface area (TPSA) is 84.1 Å². The van der Waals surface area contributed by atoms with Crippen molar-refractivity contribution in [2.24, 2.45) is 0 Å². The molecule has 0 radical (unpaired) electrons. The molecule has 2 aromatic rings. The van der Waals surface area contributed by atoms with Crippen LogP contribution in [0.5, 0.6) is 0 Å². The second kappa shape index (κ2) is 6.64. The van der Waals surface area contributed by atoms with Crippen molar-refractivity contribution < 1.29 is 14.3 Å². The molecule has 122 valence electrons. The van der Waals surface area contributed by atoms with Crippen LogP contribution in [-0.4, -0.2) is 33.7 Å². The first-order valence-corrected chi connectivity index (χ1v) is 7.40. The summed E-state index contributed by atoms with van der Waals surface area (Å²) in [6, 6.07) is 11.1. The monoisotopic (exact) mass is 315 g/mol. The number of amides is 1. The number of benzene rings is 1. The van der Waals surface area contributed by atoms with E-state index in [1.54, 1.807) is 6.07 Å². The average Bonchev–Trinajstić information content (AvgIpc) is 2.96. The van der Waals surface area contributed by atoms with Gasteiger partial charge in [-0.15, -0.1) is 0 Å². The lowest BCUT2D eigenvalue weighted by Crippen LogP contribution is -2.46. The fourth-order valence-electron chi connectivity index (χ4n) is 1.93. The second-order valence-electron chi connectivity index (χ2n) is 6.32. The molecule has 1 aromatic carbocycles. The molecule has 6 nitrogen and oxygen atoms in total. The Morgan fingerprint density at radius 3 is 2.48 bits per heavy atom. The molecule has 0 unspecified atom stereocenters. The summed E-state index contributed by atoms with van der Waals surface area (Å²) in [5, 5.41) is 9.50. The molecule has 0 bridgehead atoms. The van der Waals surface area contributed by atoms with Crippen LogP contribution in [-0.2, 0) is 9.53 Å². The van der Waals surface area contributed by atoms with E-state index in [0.29, 0.717) is 5.69 Å². The molecule has 2 N–H and O–H groups in total. The Balaban J connectivity index is 2.02. The van der Waals surface area contributed by atoms with Crippen LogP contribution < -0.4 is 5.32 Å². The van der Waals surface area contributed by atoms with E-state index in [1.807, 2.05) is 51.1 Å². The van der Waals surface area contributed by atoms with Gasteiger partial charge in [0.1, 0.15) is 5.69 Å². The Morgan fingerprint density at radius 1 is 1.22 bits per heavy atom. The van der Waals surface area contributed by atoms with Gasteiger partial charge in [0.2, 0.25) is 0 Å². The quantitative estimate of drug-likeness (QED) is 0.849. The number of nitrogens with zero attached hydrogens (tertiary/aromatic N) is 1. The van der Waals surface area contributed by atoms with Gasteiger partial charge in [-0.3, -0.25) is 9.89 Å². The molecule has 1 aromatic heterocycles. The highest BCUT2D eigenvalue weighted by atomic mass is 16.5. The van der Waals surface area contributed by atoms with E-state index in [-0.39, 0.29) is 17.1 Å². The molecule has 2 rings (SSSR count). The molecule has 0 saturated carbocycles. The van der Waals surface area contributed by atoms with Gasteiger partial charge in [0.05, 0.1) is 5.69 Å². The van der Waals surface area contributed by atoms with Gasteiger partial charge >= 0.3 is 5.97 Å². The summed E-state index contributed by atoms with van der Waals surface area (Å²) in [7, 11) is 0. The van der Waals surface area contributed by atoms with E-state index in [1.165, 1.54) is 6.92 Å². The maximum atomic E-state index is 12.1. The van der Waals surface area contributed by atoms with Crippen molar-refractivity contribution in [1.29, 1.82) is 0 Å². The third-order valence-corrected chi connectivity index (χ3v) is 3.02. The van der Waals surface area contributed by atoms with E-state index in [9.17, 15) is 9.59 Å². The minimum atomic E-state index is -0.884. The summed E-state index contributed by atoms with van der Waals surface area (Å²) in [6.45, 7) is 7.12. The molecular weight excluding hydrogens is 294 g/mol. The number of nitrogens with one attached hydrogen (secondary N) is 2. The van der Waals surface area contributed by atoms with Gasteiger partial charge in [-0.25, -0.2) is 4.79 Å². The molecule has 0 fully saturated rings. The number of H-pyrrole nitrogens is 1. The molecule has 0 aliphatic heterocycles. The summed E-state index contributed by atoms with van der Waals surface area (Å²) in [4.78, 5) is 24.0. The smallest absolute Gasteiger partial charge is 0.357 e. The van der Waals surface area contributed by atoms with E-state index < -0.39 is 12.1 Å². The lowest BCUT2D eigenvalue weighted by atomic mass is 10.1. The number of esters is 1. The molecule has 0 aliphatic rings. The van der Waals surface area contributed by atoms with Crippen molar-refractivity contribution in [3.8, 4) is 11.3 Å². The molecule has 1 amide bonds. The lowest BCUT2D eigenvalue weighted by Gasteiger charge is -2.23. The fraction of sp³-hybridized carbons (Fsp3) is 0.353. The van der Waals surface area contributed by atoms with Gasteiger partial charge in [0.25, 0.3) is 5.91 Å². The predicted molar refractivity (Wildman–Crippen MR) is 86.8 cm³/mol. The van der Waals surface area contributed by atoms with Gasteiger partial charge < -0.3 is 10.1 Å². The van der Waals surface area contributed by atoms with Crippen LogP contribution in [0.4, 0.5) is 0 Å². The highest BCUT2D eigenvalue weighted by Crippen LogP contribution is 2.17. The van der Waals surface area contributed by atoms with Gasteiger partial charge in [-0.1, -0.05) is 30.3 Å². The molecule has 23 heavy (non-hydrogen) atoms. The Labute approximate surface area is 135 Å². The average molecular weight is 315 g/mol. The van der Waals surface area contributed by atoms with Gasteiger partial charge in [-0.05, 0) is 33.8 Å². The molecule has 6 heteroatoms. The van der Waals surface area contributed by atoms with E-state index in [2.05, 4.69) is 15.5 Å². The van der Waals surface area contributed by atoms with Crippen molar-refractivity contribution in [2.45, 2.75) is 39.3 Å². The first kappa shape index (κ1) is 16.7. The number of hydrogen-bond donors (Lipinski definition) is 2. The standard InChI is InChI=1S/C17H21N3O3/c1-11(15(21)18-17(2,3)4)23-16(22)14-10-13(19-20-14)12-8-6-5-7-9-12/h5-11H,1-4H3,(H,18,21)(H,19,20)/t11-/m0/s1. The number of hydrogen-bond acceptors (Lipinski definition) is 4. The largest absolute Gasteiger partial charge is 0.448 e. The summed E-state index contributed by atoms with van der Waals surface area (Å²) >= 11 is 0. The predicted octanol–water partition coefficient (Wildman–Crippen LogP) is 2.54. The Kier molecular flexibility index (Phi) is 4.83. The van der Waals surface area contributed by atoms with E-state index >= 15 is 0 Å². The molecule has 0 spiro atoms. The zero-order valence-corrected chi connectivity index (χ0v) is 13.7. The number of carbonyl (C=O) groups is 2. The zero-order valence-electron chi connectivity index (χ0n) is 13.7. The summed E-state index contributed by atoms with van der Waals surface area (Å²) in [6.07, 6.45) is -0.884. The molecular formula is C17H21N3O3. The molecule has 1 heterocycles. The Morgan fingerprint density at radius 2 is 1.87 bits per heavy atom. The number of ether oxygens (including phenoxy) is 1. The number of aromatic nitrogens is 2. The van der Waals surface area contributed by atoms with Crippen LogP contribution >= 0.6 is 0 Å². The minimum absolute atomic E-state index is 0.208. The third kappa shape index (κ3) is 4.67. The molecule has 0 aliphatic carbocycles. The number of carbonyl (C=O) groups excluding carboxylic acids is 2. The van der Waals surface area contributed by atoms with Crippen LogP contribution in [0.1, 0.15) is 38.2 Å². The van der Waals surface area contributed by atoms with Crippen LogP contribution in [0.15, 0.2) is 36.4 Å². The SMILES string of the molecule is C[C@H](OC(=O)c1cc(-c2ccccc2)n[nH]1)C(=O)NC(C)(C)C. The third-order valence-electron chi connectivity index (χ3n) is 3.02. The number of rotatable bonds is 4. The molecule has 0 saturated heterocycles.